The summed E-state index contributed by atoms with van der Waals surface area (Å²) in [6.45, 7) is 2.00. The third-order valence-electron chi connectivity index (χ3n) is 2.80. The van der Waals surface area contributed by atoms with Crippen molar-refractivity contribution in [1.29, 1.82) is 0 Å². The zero-order valence-electron chi connectivity index (χ0n) is 10.7. The van der Waals surface area contributed by atoms with E-state index in [9.17, 15) is 4.79 Å². The summed E-state index contributed by atoms with van der Waals surface area (Å²) in [6, 6.07) is 7.52. The van der Waals surface area contributed by atoms with Crippen LogP contribution < -0.4 is 0 Å². The number of rotatable bonds is 3. The monoisotopic (exact) mass is 269 g/mol. The molecule has 0 bridgehead atoms. The summed E-state index contributed by atoms with van der Waals surface area (Å²) in [6.07, 6.45) is 3.47. The van der Waals surface area contributed by atoms with Crippen molar-refractivity contribution in [2.45, 2.75) is 6.92 Å². The molecule has 0 saturated heterocycles. The Morgan fingerprint density at radius 2 is 2.20 bits per heavy atom. The minimum Gasteiger partial charge on any atom is -0.460 e. The van der Waals surface area contributed by atoms with Crippen LogP contribution in [0.25, 0.3) is 16.5 Å². The van der Waals surface area contributed by atoms with Crippen molar-refractivity contribution in [3.05, 3.63) is 42.5 Å². The molecule has 0 saturated carbocycles. The number of carbonyl (C=O) groups excluding carboxylic acids is 1. The van der Waals surface area contributed by atoms with Gasteiger partial charge in [0.2, 0.25) is 0 Å². The van der Waals surface area contributed by atoms with Crippen LogP contribution in [0.5, 0.6) is 0 Å². The summed E-state index contributed by atoms with van der Waals surface area (Å²) in [5.74, 6) is -0.501. The number of ether oxygens (including phenoxy) is 1. The lowest BCUT2D eigenvalue weighted by Crippen LogP contribution is -2.13. The molecule has 2 heterocycles. The number of hydrogen-bond acceptors (Lipinski definition) is 6. The van der Waals surface area contributed by atoms with Crippen LogP contribution in [0, 0.1) is 0 Å². The molecule has 0 amide bonds. The molecule has 0 N–H and O–H groups in total. The van der Waals surface area contributed by atoms with Crippen molar-refractivity contribution >= 4 is 16.7 Å². The SMILES string of the molecule is CCOC(=O)c1nnnn1-c1ccc2ccncc2c1. The first-order valence-electron chi connectivity index (χ1n) is 6.09. The third-order valence-corrected chi connectivity index (χ3v) is 2.80. The molecule has 100 valence electrons. The molecule has 20 heavy (non-hydrogen) atoms. The quantitative estimate of drug-likeness (QED) is 0.668. The van der Waals surface area contributed by atoms with Crippen molar-refractivity contribution in [2.24, 2.45) is 0 Å². The molecule has 3 aromatic rings. The fourth-order valence-corrected chi connectivity index (χ4v) is 1.89. The lowest BCUT2D eigenvalue weighted by molar-refractivity contribution is 0.0508. The van der Waals surface area contributed by atoms with E-state index in [0.29, 0.717) is 5.69 Å². The average Bonchev–Trinajstić information content (AvgIpc) is 2.96. The van der Waals surface area contributed by atoms with E-state index in [4.69, 9.17) is 4.74 Å². The summed E-state index contributed by atoms with van der Waals surface area (Å²) in [5.41, 5.74) is 0.679. The Balaban J connectivity index is 2.07. The first-order chi connectivity index (χ1) is 9.79. The normalized spacial score (nSPS) is 10.7. The number of pyridine rings is 1. The number of tetrazole rings is 1. The van der Waals surface area contributed by atoms with Gasteiger partial charge in [0, 0.05) is 17.8 Å². The summed E-state index contributed by atoms with van der Waals surface area (Å²) in [4.78, 5) is 15.8. The van der Waals surface area contributed by atoms with E-state index in [-0.39, 0.29) is 12.4 Å². The number of benzene rings is 1. The molecule has 0 aliphatic heterocycles. The molecule has 0 aliphatic rings. The van der Waals surface area contributed by atoms with Gasteiger partial charge < -0.3 is 4.74 Å². The Bertz CT molecular complexity index is 768. The summed E-state index contributed by atoms with van der Waals surface area (Å²) in [7, 11) is 0. The zero-order valence-corrected chi connectivity index (χ0v) is 10.7. The Kier molecular flexibility index (Phi) is 3.08. The summed E-state index contributed by atoms with van der Waals surface area (Å²) >= 11 is 0. The predicted molar refractivity (Wildman–Crippen MR) is 70.4 cm³/mol. The Labute approximate surface area is 114 Å². The van der Waals surface area contributed by atoms with Gasteiger partial charge in [0.1, 0.15) is 0 Å². The number of hydrogen-bond donors (Lipinski definition) is 0. The molecule has 7 nitrogen and oxygen atoms in total. The molecule has 0 fully saturated rings. The molecule has 3 rings (SSSR count). The van der Waals surface area contributed by atoms with Crippen molar-refractivity contribution in [3.8, 4) is 5.69 Å². The smallest absolute Gasteiger partial charge is 0.378 e. The van der Waals surface area contributed by atoms with Crippen molar-refractivity contribution < 1.29 is 9.53 Å². The van der Waals surface area contributed by atoms with E-state index < -0.39 is 5.97 Å². The zero-order chi connectivity index (χ0) is 13.9. The van der Waals surface area contributed by atoms with Gasteiger partial charge in [-0.25, -0.2) is 4.79 Å². The number of carbonyl (C=O) groups is 1. The number of esters is 1. The number of aromatic nitrogens is 5. The Hall–Kier alpha value is -2.83. The molecule has 0 aliphatic carbocycles. The minimum atomic E-state index is -0.552. The highest BCUT2D eigenvalue weighted by Gasteiger charge is 2.17. The highest BCUT2D eigenvalue weighted by molar-refractivity contribution is 5.87. The molecule has 0 spiro atoms. The van der Waals surface area contributed by atoms with Crippen LogP contribution in [0.15, 0.2) is 36.7 Å². The van der Waals surface area contributed by atoms with Crippen LogP contribution in [-0.2, 0) is 4.74 Å². The van der Waals surface area contributed by atoms with E-state index in [2.05, 4.69) is 20.5 Å². The summed E-state index contributed by atoms with van der Waals surface area (Å²) in [5, 5.41) is 13.1. The van der Waals surface area contributed by atoms with Gasteiger partial charge in [0.15, 0.2) is 0 Å². The predicted octanol–water partition coefficient (Wildman–Crippen LogP) is 1.39. The maximum atomic E-state index is 11.8. The van der Waals surface area contributed by atoms with Gasteiger partial charge in [-0.3, -0.25) is 4.98 Å². The van der Waals surface area contributed by atoms with E-state index in [1.807, 2.05) is 24.3 Å². The summed E-state index contributed by atoms with van der Waals surface area (Å²) < 4.78 is 6.27. The molecule has 0 atom stereocenters. The molecule has 2 aromatic heterocycles. The van der Waals surface area contributed by atoms with E-state index >= 15 is 0 Å². The molecule has 0 radical (unpaired) electrons. The van der Waals surface area contributed by atoms with Gasteiger partial charge in [-0.05, 0) is 40.9 Å². The Morgan fingerprint density at radius 1 is 1.30 bits per heavy atom. The van der Waals surface area contributed by atoms with Gasteiger partial charge in [0.25, 0.3) is 5.82 Å². The second kappa shape index (κ2) is 5.04. The van der Waals surface area contributed by atoms with Crippen molar-refractivity contribution in [1.82, 2.24) is 25.2 Å². The first kappa shape index (κ1) is 12.2. The average molecular weight is 269 g/mol. The largest absolute Gasteiger partial charge is 0.460 e. The Morgan fingerprint density at radius 3 is 3.05 bits per heavy atom. The second-order valence-corrected chi connectivity index (χ2v) is 4.04. The van der Waals surface area contributed by atoms with Gasteiger partial charge in [-0.1, -0.05) is 6.07 Å². The van der Waals surface area contributed by atoms with E-state index in [1.54, 1.807) is 19.3 Å². The van der Waals surface area contributed by atoms with Gasteiger partial charge in [-0.2, -0.15) is 4.68 Å². The lowest BCUT2D eigenvalue weighted by Gasteiger charge is -2.05. The van der Waals surface area contributed by atoms with Crippen molar-refractivity contribution in [2.75, 3.05) is 6.61 Å². The topological polar surface area (TPSA) is 82.8 Å². The minimum absolute atomic E-state index is 0.0510. The van der Waals surface area contributed by atoms with Crippen LogP contribution >= 0.6 is 0 Å². The molecule has 7 heteroatoms. The molecular formula is C13H11N5O2. The van der Waals surface area contributed by atoms with Gasteiger partial charge in [-0.15, -0.1) is 5.10 Å². The molecule has 1 aromatic carbocycles. The fraction of sp³-hybridized carbons (Fsp3) is 0.154. The van der Waals surface area contributed by atoms with Crippen LogP contribution in [0.4, 0.5) is 0 Å². The standard InChI is InChI=1S/C13H11N5O2/c1-2-20-13(19)12-15-16-17-18(12)11-4-3-9-5-6-14-8-10(9)7-11/h3-8H,2H2,1H3. The van der Waals surface area contributed by atoms with E-state index in [0.717, 1.165) is 10.8 Å². The van der Waals surface area contributed by atoms with Crippen molar-refractivity contribution in [3.63, 3.8) is 0 Å². The maximum absolute atomic E-state index is 11.8. The van der Waals surface area contributed by atoms with Crippen LogP contribution in [-0.4, -0.2) is 37.8 Å². The first-order valence-corrected chi connectivity index (χ1v) is 6.09. The highest BCUT2D eigenvalue weighted by atomic mass is 16.5. The third kappa shape index (κ3) is 2.09. The number of fused-ring (bicyclic) bond motifs is 1. The van der Waals surface area contributed by atoms with Gasteiger partial charge >= 0.3 is 5.97 Å². The molecule has 0 unspecified atom stereocenters. The molecular weight excluding hydrogens is 258 g/mol. The maximum Gasteiger partial charge on any atom is 0.378 e. The van der Waals surface area contributed by atoms with E-state index in [1.165, 1.54) is 4.68 Å². The highest BCUT2D eigenvalue weighted by Crippen LogP contribution is 2.17. The second-order valence-electron chi connectivity index (χ2n) is 4.04. The van der Waals surface area contributed by atoms with Crippen LogP contribution in [0.2, 0.25) is 0 Å². The van der Waals surface area contributed by atoms with Crippen LogP contribution in [0.3, 0.4) is 0 Å². The fourth-order valence-electron chi connectivity index (χ4n) is 1.89. The van der Waals surface area contributed by atoms with Crippen LogP contribution in [0.1, 0.15) is 17.5 Å². The number of nitrogens with zero attached hydrogens (tertiary/aromatic N) is 5. The van der Waals surface area contributed by atoms with Gasteiger partial charge in [0.05, 0.1) is 12.3 Å². The lowest BCUT2D eigenvalue weighted by atomic mass is 10.1.